The average molecular weight is 1270 g/mol. The van der Waals surface area contributed by atoms with Crippen molar-refractivity contribution >= 4 is 0 Å². The highest BCUT2D eigenvalue weighted by Gasteiger charge is 2.67. The lowest BCUT2D eigenvalue weighted by Gasteiger charge is -2.66. The second-order valence-electron chi connectivity index (χ2n) is 25.9. The maximum atomic E-state index is 11.6. The lowest BCUT2D eigenvalue weighted by molar-refractivity contribution is -0.204. The second-order valence-corrected chi connectivity index (χ2v) is 25.9. The molecule has 28 nitrogen and oxygen atoms in total. The van der Waals surface area contributed by atoms with Crippen LogP contribution in [0.2, 0.25) is 0 Å². The zero-order chi connectivity index (χ0) is 66.8. The van der Waals surface area contributed by atoms with Gasteiger partial charge in [0, 0.05) is 57.3 Å². The van der Waals surface area contributed by atoms with Gasteiger partial charge in [0.2, 0.25) is 30.9 Å². The quantitative estimate of drug-likeness (QED) is 0.0246. The van der Waals surface area contributed by atoms with Crippen LogP contribution in [0.3, 0.4) is 0 Å². The summed E-state index contributed by atoms with van der Waals surface area (Å²) in [6.45, 7) is 13.0. The number of allylic oxidation sites excluding steroid dienone is 1. The van der Waals surface area contributed by atoms with Gasteiger partial charge in [0.1, 0.15) is 30.5 Å². The van der Waals surface area contributed by atoms with Crippen LogP contribution in [-0.2, 0) is 23.7 Å². The Morgan fingerprint density at radius 3 is 1.42 bits per heavy atom. The van der Waals surface area contributed by atoms with E-state index >= 15 is 0 Å². The minimum absolute atomic E-state index is 0.00112. The molecule has 0 aromatic carbocycles. The van der Waals surface area contributed by atoms with Gasteiger partial charge in [0.05, 0.1) is 31.0 Å². The maximum absolute atomic E-state index is 11.6. The van der Waals surface area contributed by atoms with Crippen LogP contribution in [0.15, 0.2) is 69.2 Å². The third-order valence-corrected chi connectivity index (χ3v) is 19.6. The smallest absolute Gasteiger partial charge is 0.259 e. The summed E-state index contributed by atoms with van der Waals surface area (Å²) in [6.07, 6.45) is -16.9. The molecule has 4 aliphatic carbocycles. The maximum Gasteiger partial charge on any atom is 0.259 e. The van der Waals surface area contributed by atoms with Gasteiger partial charge in [0.25, 0.3) is 6.29 Å². The summed E-state index contributed by atoms with van der Waals surface area (Å²) in [5.41, 5.74) is -1.72. The van der Waals surface area contributed by atoms with E-state index in [9.17, 15) is 107 Å². The molecule has 0 heterocycles. The number of rotatable bonds is 35. The van der Waals surface area contributed by atoms with Gasteiger partial charge in [-0.05, 0) is 112 Å². The molecule has 0 radical (unpaired) electrons. The van der Waals surface area contributed by atoms with Crippen molar-refractivity contribution in [2.75, 3.05) is 33.0 Å². The van der Waals surface area contributed by atoms with E-state index in [4.69, 9.17) is 33.9 Å². The predicted octanol–water partition coefficient (Wildman–Crippen LogP) is 3.00. The van der Waals surface area contributed by atoms with Crippen molar-refractivity contribution in [1.82, 2.24) is 0 Å². The van der Waals surface area contributed by atoms with Crippen LogP contribution >= 0.6 is 0 Å². The zero-order valence-corrected chi connectivity index (χ0v) is 51.6. The molecule has 23 N–H and O–H groups in total. The zero-order valence-electron chi connectivity index (χ0n) is 51.6. The van der Waals surface area contributed by atoms with Crippen LogP contribution in [0.25, 0.3) is 0 Å². The monoisotopic (exact) mass is 1270 g/mol. The van der Waals surface area contributed by atoms with Gasteiger partial charge < -0.3 is 141 Å². The van der Waals surface area contributed by atoms with E-state index in [-0.39, 0.29) is 52.8 Å². The summed E-state index contributed by atoms with van der Waals surface area (Å²) in [5.74, 6) is -11.1. The lowest BCUT2D eigenvalue weighted by atomic mass is 9.39. The molecule has 3 saturated carbocycles. The Kier molecular flexibility index (Phi) is 27.6. The first kappa shape index (κ1) is 76.2. The lowest BCUT2D eigenvalue weighted by Crippen LogP contribution is -2.59. The molecule has 28 heteroatoms. The Morgan fingerprint density at radius 2 is 0.955 bits per heavy atom. The highest BCUT2D eigenvalue weighted by atomic mass is 16.7. The molecule has 0 aromatic rings. The van der Waals surface area contributed by atoms with Gasteiger partial charge in [-0.15, -0.1) is 0 Å². The Bertz CT molecular complexity index is 2450. The van der Waals surface area contributed by atoms with Crippen molar-refractivity contribution < 1.29 is 141 Å². The van der Waals surface area contributed by atoms with Gasteiger partial charge in [-0.3, -0.25) is 0 Å². The van der Waals surface area contributed by atoms with E-state index in [1.165, 1.54) is 13.8 Å². The third kappa shape index (κ3) is 17.2. The minimum atomic E-state index is -2.67. The van der Waals surface area contributed by atoms with Crippen LogP contribution < -0.4 is 0 Å². The molecule has 3 fully saturated rings. The normalized spacial score (nSPS) is 30.3. The molecule has 4 aliphatic rings. The number of ether oxygens (including phenoxy) is 5. The molecule has 510 valence electrons. The first-order valence-electron chi connectivity index (χ1n) is 30.0. The van der Waals surface area contributed by atoms with Crippen LogP contribution in [0, 0.1) is 45.3 Å². The molecule has 0 saturated heterocycles. The molecular weight excluding hydrogens is 1170 g/mol. The fraction of sp³-hybridized carbons (Fsp3) is 0.800. The minimum Gasteiger partial charge on any atom is -0.506 e. The van der Waals surface area contributed by atoms with Crippen molar-refractivity contribution in [3.05, 3.63) is 69.2 Å². The first-order valence-corrected chi connectivity index (χ1v) is 30.0. The largest absolute Gasteiger partial charge is 0.506 e. The van der Waals surface area contributed by atoms with Gasteiger partial charge in [-0.1, -0.05) is 53.2 Å². The van der Waals surface area contributed by atoms with Gasteiger partial charge >= 0.3 is 0 Å². The van der Waals surface area contributed by atoms with Gasteiger partial charge in [-0.2, -0.15) is 0 Å². The number of aliphatic hydroxyl groups is 23. The molecule has 88 heavy (non-hydrogen) atoms. The predicted molar refractivity (Wildman–Crippen MR) is 310 cm³/mol. The molecule has 0 spiro atoms. The van der Waals surface area contributed by atoms with Crippen LogP contribution in [-0.4, -0.2) is 230 Å². The fourth-order valence-corrected chi connectivity index (χ4v) is 14.1. The SMILES string of the molecule is CC(CCC(OC(O)/C(OC(O)/C(O)=C(\O)C(O)CCO)=C(\O)C(O)CCOC(O)/C(O)=C(/O)C(O)CCO)C(C)(C)O)C1CCC2(C)C3CC=C4C(CCC(OC(O)/C(O)=C(\O)C(O)CCOC(O)/C(O)=C(/O)C(O)CCO)C4(C)C)C3(C)CCC12C. The average Bonchev–Trinajstić information content (AvgIpc) is 1.30. The Morgan fingerprint density at radius 1 is 0.511 bits per heavy atom. The summed E-state index contributed by atoms with van der Waals surface area (Å²) in [4.78, 5) is 0. The van der Waals surface area contributed by atoms with Gasteiger partial charge in [-0.25, -0.2) is 0 Å². The van der Waals surface area contributed by atoms with Crippen LogP contribution in [0.4, 0.5) is 0 Å². The Balaban J connectivity index is 1.50. The third-order valence-electron chi connectivity index (χ3n) is 19.6. The fourth-order valence-electron chi connectivity index (χ4n) is 14.1. The second kappa shape index (κ2) is 31.8. The van der Waals surface area contributed by atoms with Crippen molar-refractivity contribution in [2.45, 2.75) is 225 Å². The highest BCUT2D eigenvalue weighted by molar-refractivity contribution is 5.31. The molecule has 19 unspecified atom stereocenters. The molecule has 0 bridgehead atoms. The van der Waals surface area contributed by atoms with Crippen LogP contribution in [0.1, 0.15) is 145 Å². The van der Waals surface area contributed by atoms with E-state index in [1.807, 2.05) is 13.8 Å². The summed E-state index contributed by atoms with van der Waals surface area (Å²) in [6, 6.07) is 0. The van der Waals surface area contributed by atoms with Crippen molar-refractivity contribution in [3.8, 4) is 0 Å². The number of hydrogen-bond donors (Lipinski definition) is 23. The summed E-state index contributed by atoms with van der Waals surface area (Å²) in [7, 11) is 0. The van der Waals surface area contributed by atoms with E-state index < -0.39 is 202 Å². The van der Waals surface area contributed by atoms with Crippen molar-refractivity contribution in [3.63, 3.8) is 0 Å². The molecule has 0 amide bonds. The summed E-state index contributed by atoms with van der Waals surface area (Å²) in [5, 5.41) is 237. The topological polar surface area (TPSA) is 511 Å². The van der Waals surface area contributed by atoms with E-state index in [0.29, 0.717) is 19.3 Å². The highest BCUT2D eigenvalue weighted by Crippen LogP contribution is 2.75. The Labute approximate surface area is 512 Å². The van der Waals surface area contributed by atoms with Crippen molar-refractivity contribution in [2.24, 2.45) is 45.3 Å². The van der Waals surface area contributed by atoms with Crippen molar-refractivity contribution in [1.29, 1.82) is 0 Å². The molecular formula is C60H102O28. The summed E-state index contributed by atoms with van der Waals surface area (Å²) < 4.78 is 27.2. The van der Waals surface area contributed by atoms with E-state index in [0.717, 1.165) is 37.7 Å². The molecule has 0 aliphatic heterocycles. The number of fused-ring (bicyclic) bond motifs is 5. The standard InChI is InChI=1S/C60H102O28/c1-29(9-13-40(57(4,5)83)87-55(82)50(88-54(81)49(77)43(71)35(66)18-26-63)45(73)37(68)20-28-85-52(79)47(75)42(70)34(65)17-25-62)30-15-21-60(8)38-12-10-31-32(58(38,6)22-23-59(30,60)7)11-14-39(56(31,2)3)86-53(80)48(76)44(72)36(67)19-27-84-51(78)46(74)41(69)33(64)16-24-61/h10,29-30,32-40,51-55,61-83H,9,11-28H2,1-8H3/b46-41-,47-42-,48-44+,49-43+,50-45+. The van der Waals surface area contributed by atoms with Gasteiger partial charge in [0.15, 0.2) is 51.8 Å². The molecule has 0 aromatic heterocycles. The molecule has 19 atom stereocenters. The molecule has 4 rings (SSSR count). The first-order chi connectivity index (χ1) is 40.8. The number of hydrogen-bond acceptors (Lipinski definition) is 28. The van der Waals surface area contributed by atoms with Crippen LogP contribution in [0.5, 0.6) is 0 Å². The Hall–Kier alpha value is -4.28. The number of aliphatic hydroxyl groups excluding tert-OH is 22. The van der Waals surface area contributed by atoms with E-state index in [1.54, 1.807) is 0 Å². The van der Waals surface area contributed by atoms with E-state index in [2.05, 4.69) is 33.8 Å². The summed E-state index contributed by atoms with van der Waals surface area (Å²) >= 11 is 0.